The number of rotatable bonds is 6. The number of benzene rings is 1. The molecule has 2 rings (SSSR count). The predicted molar refractivity (Wildman–Crippen MR) is 81.2 cm³/mol. The van der Waals surface area contributed by atoms with Gasteiger partial charge in [0.2, 0.25) is 0 Å². The van der Waals surface area contributed by atoms with E-state index in [1.54, 1.807) is 31.4 Å². The summed E-state index contributed by atoms with van der Waals surface area (Å²) in [4.78, 5) is 13.3. The van der Waals surface area contributed by atoms with Gasteiger partial charge in [-0.1, -0.05) is 0 Å². The maximum atomic E-state index is 11.9. The van der Waals surface area contributed by atoms with E-state index in [-0.39, 0.29) is 13.1 Å². The average molecular weight is 329 g/mol. The molecule has 0 aliphatic carbocycles. The highest BCUT2D eigenvalue weighted by atomic mass is 32.2. The molecule has 22 heavy (non-hydrogen) atoms. The fourth-order valence-corrected chi connectivity index (χ4v) is 2.58. The highest BCUT2D eigenvalue weighted by Crippen LogP contribution is 2.23. The second-order valence-corrected chi connectivity index (χ2v) is 6.92. The van der Waals surface area contributed by atoms with Gasteiger partial charge in [-0.3, -0.25) is 4.90 Å². The minimum Gasteiger partial charge on any atom is -0.497 e. The molecule has 8 nitrogen and oxygen atoms in total. The van der Waals surface area contributed by atoms with Gasteiger partial charge < -0.3 is 9.47 Å². The SMILES string of the molecule is COc1ccc(N2CC(CNS(=O)(=O)N(C)C)OC2=O)cc1. The fourth-order valence-electron chi connectivity index (χ4n) is 1.93. The van der Waals surface area contributed by atoms with Gasteiger partial charge in [0, 0.05) is 19.8 Å². The van der Waals surface area contributed by atoms with E-state index in [4.69, 9.17) is 9.47 Å². The molecule has 0 saturated carbocycles. The van der Waals surface area contributed by atoms with E-state index in [9.17, 15) is 13.2 Å². The number of cyclic esters (lactones) is 1. The van der Waals surface area contributed by atoms with E-state index in [0.29, 0.717) is 11.4 Å². The van der Waals surface area contributed by atoms with Crippen molar-refractivity contribution < 1.29 is 22.7 Å². The molecule has 1 aromatic rings. The van der Waals surface area contributed by atoms with Crippen molar-refractivity contribution in [2.45, 2.75) is 6.10 Å². The van der Waals surface area contributed by atoms with Crippen LogP contribution in [0.25, 0.3) is 0 Å². The van der Waals surface area contributed by atoms with Gasteiger partial charge in [0.05, 0.1) is 20.2 Å². The van der Waals surface area contributed by atoms with Crippen LogP contribution in [0.4, 0.5) is 10.5 Å². The number of carbonyl (C=O) groups excluding carboxylic acids is 1. The van der Waals surface area contributed by atoms with Gasteiger partial charge in [0.1, 0.15) is 11.9 Å². The van der Waals surface area contributed by atoms with E-state index in [1.807, 2.05) is 0 Å². The smallest absolute Gasteiger partial charge is 0.414 e. The number of hydrogen-bond donors (Lipinski definition) is 1. The van der Waals surface area contributed by atoms with Gasteiger partial charge in [0.25, 0.3) is 10.2 Å². The Morgan fingerprint density at radius 1 is 1.36 bits per heavy atom. The number of amides is 1. The zero-order chi connectivity index (χ0) is 16.3. The first-order chi connectivity index (χ1) is 10.3. The average Bonchev–Trinajstić information content (AvgIpc) is 2.86. The van der Waals surface area contributed by atoms with Crippen molar-refractivity contribution in [1.82, 2.24) is 9.03 Å². The Morgan fingerprint density at radius 3 is 2.55 bits per heavy atom. The molecule has 1 aliphatic rings. The maximum Gasteiger partial charge on any atom is 0.414 e. The molecule has 1 aliphatic heterocycles. The molecule has 1 aromatic carbocycles. The first-order valence-electron chi connectivity index (χ1n) is 6.63. The molecule has 0 spiro atoms. The lowest BCUT2D eigenvalue weighted by molar-refractivity contribution is 0.143. The minimum atomic E-state index is -3.54. The first-order valence-corrected chi connectivity index (χ1v) is 8.07. The number of hydrogen-bond acceptors (Lipinski definition) is 5. The Balaban J connectivity index is 1.98. The van der Waals surface area contributed by atoms with Crippen LogP contribution in [0.3, 0.4) is 0 Å². The summed E-state index contributed by atoms with van der Waals surface area (Å²) in [6.45, 7) is 0.306. The third kappa shape index (κ3) is 3.67. The standard InChI is InChI=1S/C13H19N3O5S/c1-15(2)22(18,19)14-8-12-9-16(13(17)21-12)10-4-6-11(20-3)7-5-10/h4-7,12,14H,8-9H2,1-3H3. The molecule has 1 atom stereocenters. The van der Waals surface area contributed by atoms with Crippen LogP contribution in [0.15, 0.2) is 24.3 Å². The molecule has 0 radical (unpaired) electrons. The molecule has 1 N–H and O–H groups in total. The summed E-state index contributed by atoms with van der Waals surface area (Å²) in [5.41, 5.74) is 0.670. The van der Waals surface area contributed by atoms with Crippen LogP contribution in [-0.2, 0) is 14.9 Å². The van der Waals surface area contributed by atoms with Crippen LogP contribution in [0.2, 0.25) is 0 Å². The van der Waals surface area contributed by atoms with Crippen molar-refractivity contribution in [1.29, 1.82) is 0 Å². The first kappa shape index (κ1) is 16.5. The molecule has 1 heterocycles. The summed E-state index contributed by atoms with van der Waals surface area (Å²) in [6.07, 6.45) is -1.04. The number of ether oxygens (including phenoxy) is 2. The van der Waals surface area contributed by atoms with Crippen molar-refractivity contribution in [2.24, 2.45) is 0 Å². The number of anilines is 1. The Bertz CT molecular complexity index is 630. The van der Waals surface area contributed by atoms with E-state index in [2.05, 4.69) is 4.72 Å². The third-order valence-corrected chi connectivity index (χ3v) is 4.73. The van der Waals surface area contributed by atoms with Gasteiger partial charge >= 0.3 is 6.09 Å². The van der Waals surface area contributed by atoms with Gasteiger partial charge in [-0.15, -0.1) is 0 Å². The second kappa shape index (κ2) is 6.51. The molecule has 1 unspecified atom stereocenters. The Morgan fingerprint density at radius 2 is 2.00 bits per heavy atom. The molecule has 1 saturated heterocycles. The molecule has 1 amide bonds. The minimum absolute atomic E-state index is 0.0267. The molecule has 9 heteroatoms. The van der Waals surface area contributed by atoms with Gasteiger partial charge in [-0.25, -0.2) is 4.79 Å². The van der Waals surface area contributed by atoms with E-state index in [1.165, 1.54) is 19.0 Å². The monoisotopic (exact) mass is 329 g/mol. The van der Waals surface area contributed by atoms with Crippen LogP contribution in [0.1, 0.15) is 0 Å². The predicted octanol–water partition coefficient (Wildman–Crippen LogP) is 0.416. The summed E-state index contributed by atoms with van der Waals surface area (Å²) >= 11 is 0. The summed E-state index contributed by atoms with van der Waals surface area (Å²) in [7, 11) is 0.871. The lowest BCUT2D eigenvalue weighted by Crippen LogP contribution is -2.40. The number of nitrogens with zero attached hydrogens (tertiary/aromatic N) is 2. The molecular formula is C13H19N3O5S. The van der Waals surface area contributed by atoms with Crippen molar-refractivity contribution in [3.05, 3.63) is 24.3 Å². The summed E-state index contributed by atoms with van der Waals surface area (Å²) in [5.74, 6) is 0.687. The van der Waals surface area contributed by atoms with E-state index in [0.717, 1.165) is 4.31 Å². The van der Waals surface area contributed by atoms with Gasteiger partial charge in [0.15, 0.2) is 0 Å². The normalized spacial score (nSPS) is 18.6. The zero-order valence-electron chi connectivity index (χ0n) is 12.6. The fraction of sp³-hybridized carbons (Fsp3) is 0.462. The highest BCUT2D eigenvalue weighted by molar-refractivity contribution is 7.87. The van der Waals surface area contributed by atoms with Crippen molar-refractivity contribution in [2.75, 3.05) is 39.2 Å². The lowest BCUT2D eigenvalue weighted by atomic mass is 10.2. The summed E-state index contributed by atoms with van der Waals surface area (Å²) in [6, 6.07) is 6.97. The second-order valence-electron chi connectivity index (χ2n) is 4.95. The molecule has 122 valence electrons. The zero-order valence-corrected chi connectivity index (χ0v) is 13.5. The van der Waals surface area contributed by atoms with Crippen LogP contribution >= 0.6 is 0 Å². The van der Waals surface area contributed by atoms with Crippen molar-refractivity contribution in [3.63, 3.8) is 0 Å². The van der Waals surface area contributed by atoms with Gasteiger partial charge in [-0.05, 0) is 24.3 Å². The maximum absolute atomic E-state index is 11.9. The van der Waals surface area contributed by atoms with E-state index >= 15 is 0 Å². The molecule has 0 bridgehead atoms. The molecule has 1 fully saturated rings. The number of nitrogens with one attached hydrogen (secondary N) is 1. The molecular weight excluding hydrogens is 310 g/mol. The Hall–Kier alpha value is -1.84. The number of carbonyl (C=O) groups is 1. The third-order valence-electron chi connectivity index (χ3n) is 3.23. The van der Waals surface area contributed by atoms with Crippen molar-refractivity contribution >= 4 is 22.0 Å². The Labute approximate surface area is 129 Å². The summed E-state index contributed by atoms with van der Waals surface area (Å²) in [5, 5.41) is 0. The van der Waals surface area contributed by atoms with Gasteiger partial charge in [-0.2, -0.15) is 17.4 Å². The topological polar surface area (TPSA) is 88.2 Å². The van der Waals surface area contributed by atoms with Crippen LogP contribution in [0, 0.1) is 0 Å². The largest absolute Gasteiger partial charge is 0.497 e. The summed E-state index contributed by atoms with van der Waals surface area (Å²) < 4.78 is 37.0. The Kier molecular flexibility index (Phi) is 4.89. The van der Waals surface area contributed by atoms with Crippen LogP contribution in [-0.4, -0.2) is 59.2 Å². The van der Waals surface area contributed by atoms with Crippen LogP contribution in [0.5, 0.6) is 5.75 Å². The lowest BCUT2D eigenvalue weighted by Gasteiger charge is -2.15. The van der Waals surface area contributed by atoms with Crippen molar-refractivity contribution in [3.8, 4) is 5.75 Å². The highest BCUT2D eigenvalue weighted by Gasteiger charge is 2.33. The van der Waals surface area contributed by atoms with Crippen LogP contribution < -0.4 is 14.4 Å². The molecule has 0 aromatic heterocycles. The number of methoxy groups -OCH3 is 1. The quantitative estimate of drug-likeness (QED) is 0.817. The van der Waals surface area contributed by atoms with E-state index < -0.39 is 22.4 Å².